The molecule has 0 atom stereocenters. The van der Waals surface area contributed by atoms with Crippen LogP contribution in [-0.2, 0) is 0 Å². The van der Waals surface area contributed by atoms with Crippen molar-refractivity contribution in [2.45, 2.75) is 6.92 Å². The van der Waals surface area contributed by atoms with Gasteiger partial charge >= 0.3 is 0 Å². The summed E-state index contributed by atoms with van der Waals surface area (Å²) in [5, 5.41) is 0. The van der Waals surface area contributed by atoms with Crippen LogP contribution in [-0.4, -0.2) is 11.6 Å². The smallest absolute Gasteiger partial charge is 0.196 e. The Hall–Kier alpha value is -2.62. The molecule has 3 rings (SSSR count). The normalized spacial score (nSPS) is 13.1. The van der Waals surface area contributed by atoms with Gasteiger partial charge in [-0.25, -0.2) is 0 Å². The van der Waals surface area contributed by atoms with Gasteiger partial charge in [-0.2, -0.15) is 0 Å². The molecule has 94 valence electrons. The number of hydrogen-bond donors (Lipinski definition) is 2. The van der Waals surface area contributed by atoms with E-state index in [0.717, 1.165) is 0 Å². The molecule has 0 bridgehead atoms. The number of ketones is 2. The highest BCUT2D eigenvalue weighted by Gasteiger charge is 2.32. The summed E-state index contributed by atoms with van der Waals surface area (Å²) in [6, 6.07) is 8.30. The third kappa shape index (κ3) is 1.40. The SMILES string of the molecule is Cc1c(N)cc(N)c2c1C(=O)c1ccccc1C2=O. The van der Waals surface area contributed by atoms with E-state index in [-0.39, 0.29) is 22.8 Å². The highest BCUT2D eigenvalue weighted by Crippen LogP contribution is 2.35. The molecular formula is C15H12N2O2. The van der Waals surface area contributed by atoms with Gasteiger partial charge in [0.1, 0.15) is 0 Å². The van der Waals surface area contributed by atoms with Crippen LogP contribution in [0.25, 0.3) is 0 Å². The van der Waals surface area contributed by atoms with Gasteiger partial charge in [-0.3, -0.25) is 9.59 Å². The fourth-order valence-corrected chi connectivity index (χ4v) is 2.50. The largest absolute Gasteiger partial charge is 0.398 e. The Labute approximate surface area is 110 Å². The molecule has 2 aromatic rings. The van der Waals surface area contributed by atoms with Gasteiger partial charge in [-0.15, -0.1) is 0 Å². The van der Waals surface area contributed by atoms with E-state index in [1.807, 2.05) is 0 Å². The summed E-state index contributed by atoms with van der Waals surface area (Å²) in [6.45, 7) is 1.73. The van der Waals surface area contributed by atoms with Crippen LogP contribution in [0.3, 0.4) is 0 Å². The number of nitrogens with two attached hydrogens (primary N) is 2. The monoisotopic (exact) mass is 252 g/mol. The molecule has 0 saturated carbocycles. The highest BCUT2D eigenvalue weighted by molar-refractivity contribution is 6.30. The van der Waals surface area contributed by atoms with E-state index >= 15 is 0 Å². The first-order valence-corrected chi connectivity index (χ1v) is 5.89. The first-order chi connectivity index (χ1) is 9.02. The zero-order valence-electron chi connectivity index (χ0n) is 10.4. The lowest BCUT2D eigenvalue weighted by Gasteiger charge is -2.21. The van der Waals surface area contributed by atoms with E-state index in [9.17, 15) is 9.59 Å². The van der Waals surface area contributed by atoms with Crippen LogP contribution >= 0.6 is 0 Å². The first-order valence-electron chi connectivity index (χ1n) is 5.89. The number of hydrogen-bond acceptors (Lipinski definition) is 4. The van der Waals surface area contributed by atoms with Crippen LogP contribution in [0.5, 0.6) is 0 Å². The molecule has 19 heavy (non-hydrogen) atoms. The van der Waals surface area contributed by atoms with Crippen LogP contribution in [0.2, 0.25) is 0 Å². The van der Waals surface area contributed by atoms with Crippen molar-refractivity contribution in [3.63, 3.8) is 0 Å². The maximum absolute atomic E-state index is 12.5. The lowest BCUT2D eigenvalue weighted by atomic mass is 9.81. The van der Waals surface area contributed by atoms with E-state index in [4.69, 9.17) is 11.5 Å². The standard InChI is InChI=1S/C15H12N2O2/c1-7-10(16)6-11(17)13-12(7)14(18)8-4-2-3-5-9(8)15(13)19/h2-6H,16-17H2,1H3. The molecule has 4 heteroatoms. The van der Waals surface area contributed by atoms with Crippen LogP contribution in [0.1, 0.15) is 37.4 Å². The molecule has 0 aliphatic heterocycles. The van der Waals surface area contributed by atoms with Crippen LogP contribution in [0.4, 0.5) is 11.4 Å². The minimum atomic E-state index is -0.217. The van der Waals surface area contributed by atoms with E-state index in [0.29, 0.717) is 27.9 Å². The summed E-state index contributed by atoms with van der Waals surface area (Å²) in [5.41, 5.74) is 14.4. The fraction of sp³-hybridized carbons (Fsp3) is 0.0667. The maximum atomic E-state index is 12.5. The number of anilines is 2. The molecule has 0 amide bonds. The number of rotatable bonds is 0. The lowest BCUT2D eigenvalue weighted by Crippen LogP contribution is -2.24. The number of carbonyl (C=O) groups is 2. The number of carbonyl (C=O) groups excluding carboxylic acids is 2. The van der Waals surface area contributed by atoms with Crippen molar-refractivity contribution in [2.24, 2.45) is 0 Å². The van der Waals surface area contributed by atoms with E-state index in [1.54, 1.807) is 31.2 Å². The second-order valence-electron chi connectivity index (χ2n) is 4.63. The Morgan fingerprint density at radius 3 is 1.95 bits per heavy atom. The summed E-state index contributed by atoms with van der Waals surface area (Å²) in [4.78, 5) is 25.0. The van der Waals surface area contributed by atoms with Crippen molar-refractivity contribution >= 4 is 22.9 Å². The van der Waals surface area contributed by atoms with Crippen molar-refractivity contribution in [1.82, 2.24) is 0 Å². The van der Waals surface area contributed by atoms with Gasteiger partial charge in [0.2, 0.25) is 0 Å². The summed E-state index contributed by atoms with van der Waals surface area (Å²) in [6.07, 6.45) is 0. The van der Waals surface area contributed by atoms with Gasteiger partial charge in [0.05, 0.1) is 5.56 Å². The molecule has 0 heterocycles. The van der Waals surface area contributed by atoms with Crippen LogP contribution in [0.15, 0.2) is 30.3 Å². The topological polar surface area (TPSA) is 86.2 Å². The van der Waals surface area contributed by atoms with Crippen molar-refractivity contribution in [1.29, 1.82) is 0 Å². The minimum Gasteiger partial charge on any atom is -0.398 e. The number of nitrogen functional groups attached to an aromatic ring is 2. The molecule has 0 aromatic heterocycles. The molecule has 0 unspecified atom stereocenters. The Morgan fingerprint density at radius 1 is 0.842 bits per heavy atom. The zero-order chi connectivity index (χ0) is 13.7. The molecule has 0 saturated heterocycles. The van der Waals surface area contributed by atoms with E-state index in [2.05, 4.69) is 0 Å². The van der Waals surface area contributed by atoms with Crippen molar-refractivity contribution < 1.29 is 9.59 Å². The van der Waals surface area contributed by atoms with Crippen LogP contribution < -0.4 is 11.5 Å². The van der Waals surface area contributed by atoms with Gasteiger partial charge in [0.15, 0.2) is 11.6 Å². The van der Waals surface area contributed by atoms with Gasteiger partial charge in [0.25, 0.3) is 0 Å². The maximum Gasteiger partial charge on any atom is 0.196 e. The highest BCUT2D eigenvalue weighted by atomic mass is 16.1. The lowest BCUT2D eigenvalue weighted by molar-refractivity contribution is 0.0979. The molecular weight excluding hydrogens is 240 g/mol. The van der Waals surface area contributed by atoms with Gasteiger partial charge in [-0.05, 0) is 18.6 Å². The third-order valence-corrected chi connectivity index (χ3v) is 3.53. The predicted molar refractivity (Wildman–Crippen MR) is 73.3 cm³/mol. The Morgan fingerprint density at radius 2 is 1.37 bits per heavy atom. The molecule has 0 radical (unpaired) electrons. The van der Waals surface area contributed by atoms with E-state index < -0.39 is 0 Å². The summed E-state index contributed by atoms with van der Waals surface area (Å²) in [7, 11) is 0. The predicted octanol–water partition coefficient (Wildman–Crippen LogP) is 1.93. The number of fused-ring (bicyclic) bond motifs is 2. The molecule has 4 nitrogen and oxygen atoms in total. The van der Waals surface area contributed by atoms with Crippen molar-refractivity contribution in [3.8, 4) is 0 Å². The molecule has 1 aliphatic carbocycles. The summed E-state index contributed by atoms with van der Waals surface area (Å²) >= 11 is 0. The van der Waals surface area contributed by atoms with Gasteiger partial charge in [-0.1, -0.05) is 24.3 Å². The second kappa shape index (κ2) is 3.68. The van der Waals surface area contributed by atoms with Crippen molar-refractivity contribution in [3.05, 3.63) is 58.1 Å². The quantitative estimate of drug-likeness (QED) is 0.598. The third-order valence-electron chi connectivity index (χ3n) is 3.53. The molecule has 0 fully saturated rings. The van der Waals surface area contributed by atoms with E-state index in [1.165, 1.54) is 6.07 Å². The summed E-state index contributed by atoms with van der Waals surface area (Å²) in [5.74, 6) is -0.410. The Bertz CT molecular complexity index is 748. The van der Waals surface area contributed by atoms with Crippen molar-refractivity contribution in [2.75, 3.05) is 11.5 Å². The number of benzene rings is 2. The second-order valence-corrected chi connectivity index (χ2v) is 4.63. The van der Waals surface area contributed by atoms with Gasteiger partial charge in [0, 0.05) is 28.1 Å². The molecule has 4 N–H and O–H groups in total. The fourth-order valence-electron chi connectivity index (χ4n) is 2.50. The average molecular weight is 252 g/mol. The molecule has 0 spiro atoms. The van der Waals surface area contributed by atoms with Crippen LogP contribution in [0, 0.1) is 6.92 Å². The first kappa shape index (κ1) is 11.5. The summed E-state index contributed by atoms with van der Waals surface area (Å²) < 4.78 is 0. The minimum absolute atomic E-state index is 0.193. The molecule has 2 aromatic carbocycles. The Balaban J connectivity index is 2.43. The zero-order valence-corrected chi connectivity index (χ0v) is 10.4. The Kier molecular flexibility index (Phi) is 2.22. The average Bonchev–Trinajstić information content (AvgIpc) is 2.40. The molecule has 1 aliphatic rings. The van der Waals surface area contributed by atoms with Gasteiger partial charge < -0.3 is 11.5 Å².